The van der Waals surface area contributed by atoms with Crippen molar-refractivity contribution in [1.29, 1.82) is 0 Å². The number of rotatable bonds is 2. The molecule has 0 spiro atoms. The number of carbonyl (C=O) groups is 2. The number of esters is 1. The topological polar surface area (TPSA) is 46.6 Å². The standard InChI is InChI=1S/C13H14BrNO3/c1-9(16)18-8-13(17)15-5-4-10-6-12(14)3-2-11(10)7-15/h2-3,6H,4-5,7-8H2,1H3. The van der Waals surface area contributed by atoms with E-state index in [0.29, 0.717) is 13.1 Å². The van der Waals surface area contributed by atoms with Crippen LogP contribution in [-0.4, -0.2) is 29.9 Å². The van der Waals surface area contributed by atoms with E-state index in [-0.39, 0.29) is 12.5 Å². The van der Waals surface area contributed by atoms with Gasteiger partial charge in [-0.05, 0) is 29.7 Å². The van der Waals surface area contributed by atoms with Gasteiger partial charge < -0.3 is 9.64 Å². The molecule has 0 saturated carbocycles. The van der Waals surface area contributed by atoms with Crippen molar-refractivity contribution in [2.45, 2.75) is 19.9 Å². The monoisotopic (exact) mass is 311 g/mol. The highest BCUT2D eigenvalue weighted by Gasteiger charge is 2.21. The minimum absolute atomic E-state index is 0.140. The average Bonchev–Trinajstić information content (AvgIpc) is 2.35. The molecule has 1 aliphatic heterocycles. The van der Waals surface area contributed by atoms with Gasteiger partial charge in [0.15, 0.2) is 6.61 Å². The maximum absolute atomic E-state index is 11.8. The van der Waals surface area contributed by atoms with Gasteiger partial charge in [0.2, 0.25) is 0 Å². The van der Waals surface area contributed by atoms with E-state index < -0.39 is 5.97 Å². The van der Waals surface area contributed by atoms with Crippen molar-refractivity contribution in [2.24, 2.45) is 0 Å². The third kappa shape index (κ3) is 3.10. The third-order valence-electron chi connectivity index (χ3n) is 2.93. The fraction of sp³-hybridized carbons (Fsp3) is 0.385. The number of hydrogen-bond acceptors (Lipinski definition) is 3. The van der Waals surface area contributed by atoms with Gasteiger partial charge >= 0.3 is 5.97 Å². The van der Waals surface area contributed by atoms with E-state index in [1.807, 2.05) is 12.1 Å². The Morgan fingerprint density at radius 1 is 1.39 bits per heavy atom. The number of carbonyl (C=O) groups excluding carboxylic acids is 2. The Balaban J connectivity index is 2.01. The van der Waals surface area contributed by atoms with E-state index in [1.165, 1.54) is 12.5 Å². The van der Waals surface area contributed by atoms with E-state index in [0.717, 1.165) is 16.5 Å². The van der Waals surface area contributed by atoms with E-state index >= 15 is 0 Å². The molecule has 1 aromatic carbocycles. The van der Waals surface area contributed by atoms with Crippen LogP contribution in [0.5, 0.6) is 0 Å². The molecule has 0 aromatic heterocycles. The van der Waals surface area contributed by atoms with Crippen LogP contribution in [0.4, 0.5) is 0 Å². The lowest BCUT2D eigenvalue weighted by atomic mass is 10.00. The van der Waals surface area contributed by atoms with Gasteiger partial charge in [-0.15, -0.1) is 0 Å². The lowest BCUT2D eigenvalue weighted by Crippen LogP contribution is -2.38. The largest absolute Gasteiger partial charge is 0.456 e. The first kappa shape index (κ1) is 13.1. The van der Waals surface area contributed by atoms with Gasteiger partial charge in [-0.1, -0.05) is 22.0 Å². The summed E-state index contributed by atoms with van der Waals surface area (Å²) in [5.74, 6) is -0.566. The molecule has 0 N–H and O–H groups in total. The SMILES string of the molecule is CC(=O)OCC(=O)N1CCc2cc(Br)ccc2C1. The number of fused-ring (bicyclic) bond motifs is 1. The van der Waals surface area contributed by atoms with Crippen LogP contribution >= 0.6 is 15.9 Å². The van der Waals surface area contributed by atoms with Crippen LogP contribution in [0, 0.1) is 0 Å². The second-order valence-electron chi connectivity index (χ2n) is 4.26. The lowest BCUT2D eigenvalue weighted by molar-refractivity contribution is -0.150. The van der Waals surface area contributed by atoms with Gasteiger partial charge in [-0.25, -0.2) is 0 Å². The normalized spacial score (nSPS) is 14.0. The van der Waals surface area contributed by atoms with E-state index in [2.05, 4.69) is 22.0 Å². The number of amides is 1. The van der Waals surface area contributed by atoms with Crippen molar-refractivity contribution in [3.8, 4) is 0 Å². The molecule has 1 aromatic rings. The van der Waals surface area contributed by atoms with E-state index in [9.17, 15) is 9.59 Å². The van der Waals surface area contributed by atoms with Crippen molar-refractivity contribution in [2.75, 3.05) is 13.2 Å². The zero-order valence-electron chi connectivity index (χ0n) is 10.1. The summed E-state index contributed by atoms with van der Waals surface area (Å²) in [6.07, 6.45) is 0.834. The Kier molecular flexibility index (Phi) is 4.01. The highest BCUT2D eigenvalue weighted by Crippen LogP contribution is 2.22. The first-order chi connectivity index (χ1) is 8.56. The molecule has 0 atom stereocenters. The van der Waals surface area contributed by atoms with Crippen LogP contribution < -0.4 is 0 Å². The maximum Gasteiger partial charge on any atom is 0.303 e. The Hall–Kier alpha value is -1.36. The predicted molar refractivity (Wildman–Crippen MR) is 69.9 cm³/mol. The van der Waals surface area contributed by atoms with Crippen LogP contribution in [0.25, 0.3) is 0 Å². The smallest absolute Gasteiger partial charge is 0.303 e. The Bertz CT molecular complexity index is 487. The predicted octanol–water partition coefficient (Wildman–Crippen LogP) is 1.90. The summed E-state index contributed by atoms with van der Waals surface area (Å²) in [5.41, 5.74) is 2.42. The quantitative estimate of drug-likeness (QED) is 0.784. The molecule has 1 amide bonds. The van der Waals surface area contributed by atoms with Crippen molar-refractivity contribution >= 4 is 27.8 Å². The molecule has 0 bridgehead atoms. The van der Waals surface area contributed by atoms with Gasteiger partial charge in [0, 0.05) is 24.5 Å². The van der Waals surface area contributed by atoms with E-state index in [4.69, 9.17) is 4.74 Å². The third-order valence-corrected chi connectivity index (χ3v) is 3.43. The first-order valence-corrected chi connectivity index (χ1v) is 6.54. The maximum atomic E-state index is 11.8. The molecule has 0 unspecified atom stereocenters. The van der Waals surface area contributed by atoms with Gasteiger partial charge in [0.05, 0.1) is 0 Å². The van der Waals surface area contributed by atoms with Crippen molar-refractivity contribution in [3.63, 3.8) is 0 Å². The minimum Gasteiger partial charge on any atom is -0.456 e. The second kappa shape index (κ2) is 5.52. The molecular weight excluding hydrogens is 298 g/mol. The Labute approximate surface area is 114 Å². The molecule has 0 aliphatic carbocycles. The van der Waals surface area contributed by atoms with Crippen LogP contribution in [0.3, 0.4) is 0 Å². The van der Waals surface area contributed by atoms with Crippen LogP contribution in [0.15, 0.2) is 22.7 Å². The lowest BCUT2D eigenvalue weighted by Gasteiger charge is -2.28. The Morgan fingerprint density at radius 3 is 2.89 bits per heavy atom. The van der Waals surface area contributed by atoms with Crippen molar-refractivity contribution in [1.82, 2.24) is 4.90 Å². The highest BCUT2D eigenvalue weighted by atomic mass is 79.9. The van der Waals surface area contributed by atoms with Crippen LogP contribution in [0.1, 0.15) is 18.1 Å². The Morgan fingerprint density at radius 2 is 2.17 bits per heavy atom. The summed E-state index contributed by atoms with van der Waals surface area (Å²) in [6, 6.07) is 6.08. The van der Waals surface area contributed by atoms with E-state index in [1.54, 1.807) is 4.90 Å². The number of nitrogens with zero attached hydrogens (tertiary/aromatic N) is 1. The fourth-order valence-corrected chi connectivity index (χ4v) is 2.40. The van der Waals surface area contributed by atoms with Crippen molar-refractivity contribution in [3.05, 3.63) is 33.8 Å². The fourth-order valence-electron chi connectivity index (χ4n) is 1.99. The molecule has 0 saturated heterocycles. The molecular formula is C13H14BrNO3. The number of hydrogen-bond donors (Lipinski definition) is 0. The average molecular weight is 312 g/mol. The molecule has 0 fully saturated rings. The van der Waals surface area contributed by atoms with Gasteiger partial charge in [-0.3, -0.25) is 9.59 Å². The summed E-state index contributed by atoms with van der Waals surface area (Å²) in [6.45, 7) is 2.39. The van der Waals surface area contributed by atoms with Gasteiger partial charge in [0.1, 0.15) is 0 Å². The molecule has 2 rings (SSSR count). The minimum atomic E-state index is -0.426. The van der Waals surface area contributed by atoms with Crippen LogP contribution in [0.2, 0.25) is 0 Å². The summed E-state index contributed by atoms with van der Waals surface area (Å²) >= 11 is 3.44. The summed E-state index contributed by atoms with van der Waals surface area (Å²) in [7, 11) is 0. The molecule has 4 nitrogen and oxygen atoms in total. The molecule has 5 heteroatoms. The zero-order valence-corrected chi connectivity index (χ0v) is 11.7. The first-order valence-electron chi connectivity index (χ1n) is 5.74. The molecule has 0 radical (unpaired) electrons. The number of benzene rings is 1. The van der Waals surface area contributed by atoms with Crippen molar-refractivity contribution < 1.29 is 14.3 Å². The van der Waals surface area contributed by atoms with Gasteiger partial charge in [-0.2, -0.15) is 0 Å². The zero-order chi connectivity index (χ0) is 13.1. The summed E-state index contributed by atoms with van der Waals surface area (Å²) < 4.78 is 5.78. The molecule has 1 aliphatic rings. The van der Waals surface area contributed by atoms with Crippen LogP contribution in [-0.2, 0) is 27.3 Å². The highest BCUT2D eigenvalue weighted by molar-refractivity contribution is 9.10. The molecule has 1 heterocycles. The van der Waals surface area contributed by atoms with Gasteiger partial charge in [0.25, 0.3) is 5.91 Å². The molecule has 18 heavy (non-hydrogen) atoms. The number of ether oxygens (including phenoxy) is 1. The summed E-state index contributed by atoms with van der Waals surface area (Å²) in [5, 5.41) is 0. The second-order valence-corrected chi connectivity index (χ2v) is 5.17. The summed E-state index contributed by atoms with van der Waals surface area (Å²) in [4.78, 5) is 24.2. The molecule has 96 valence electrons. The number of halogens is 1.